The first kappa shape index (κ1) is 11.8. The van der Waals surface area contributed by atoms with E-state index in [1.54, 1.807) is 0 Å². The van der Waals surface area contributed by atoms with Crippen LogP contribution in [0.2, 0.25) is 2.45 Å². The molecule has 0 aromatic carbocycles. The van der Waals surface area contributed by atoms with Crippen molar-refractivity contribution in [3.05, 3.63) is 0 Å². The monoisotopic (exact) mass is 424 g/mol. The Bertz CT molecular complexity index is 58.8. The van der Waals surface area contributed by atoms with E-state index in [4.69, 9.17) is 46.4 Å². The van der Waals surface area contributed by atoms with Crippen molar-refractivity contribution in [2.45, 2.75) is 8.16 Å². The summed E-state index contributed by atoms with van der Waals surface area (Å²) < 4.78 is 1.27. The average molecular weight is 423 g/mol. The first-order valence-corrected chi connectivity index (χ1v) is 14.8. The van der Waals surface area contributed by atoms with Gasteiger partial charge in [0.05, 0.1) is 0 Å². The Balaban J connectivity index is 2.91. The Labute approximate surface area is 95.4 Å². The van der Waals surface area contributed by atoms with Gasteiger partial charge in [-0.15, -0.1) is 0 Å². The zero-order valence-corrected chi connectivity index (χ0v) is 15.9. The molecule has 0 aromatic rings. The number of hydrogen-bond donors (Lipinski definition) is 0. The van der Waals surface area contributed by atoms with Crippen molar-refractivity contribution in [1.29, 1.82) is 0 Å². The molecule has 0 aliphatic carbocycles. The maximum absolute atomic E-state index is 5.57. The molecule has 0 nitrogen and oxygen atoms in total. The summed E-state index contributed by atoms with van der Waals surface area (Å²) in [5.41, 5.74) is 0. The Hall–Kier alpha value is 2.76. The molecule has 0 unspecified atom stereocenters. The summed E-state index contributed by atoms with van der Waals surface area (Å²) in [6, 6.07) is 0. The molecule has 0 aliphatic rings. The van der Waals surface area contributed by atoms with Crippen LogP contribution in [0.15, 0.2) is 0 Å². The number of hydrogen-bond acceptors (Lipinski definition) is 0. The van der Waals surface area contributed by atoms with Gasteiger partial charge >= 0.3 is 96.8 Å². The summed E-state index contributed by atoms with van der Waals surface area (Å²) in [4.78, 5) is 0. The van der Waals surface area contributed by atoms with Crippen LogP contribution < -0.4 is 0 Å². The van der Waals surface area contributed by atoms with E-state index in [-0.39, 0.29) is 5.70 Å². The first-order chi connectivity index (χ1) is 4.13. The molecule has 9 heavy (non-hydrogen) atoms. The van der Waals surface area contributed by atoms with Gasteiger partial charge in [0.25, 0.3) is 0 Å². The summed E-state index contributed by atoms with van der Waals surface area (Å²) in [5, 5.41) is 0. The van der Waals surface area contributed by atoms with Crippen molar-refractivity contribution in [1.82, 2.24) is 0 Å². The summed E-state index contributed by atoms with van der Waals surface area (Å²) in [6.07, 6.45) is 0. The van der Waals surface area contributed by atoms with Crippen LogP contribution in [-0.4, -0.2) is 48.0 Å². The van der Waals surface area contributed by atoms with E-state index in [1.165, 1.54) is 2.45 Å². The molecular weight excluding hydrogens is 415 g/mol. The van der Waals surface area contributed by atoms with Crippen LogP contribution in [0.3, 0.4) is 0 Å². The molecule has 0 atom stereocenters. The normalized spacial score (nSPS) is 14.0. The van der Waals surface area contributed by atoms with Crippen molar-refractivity contribution in [2.75, 3.05) is 0 Å². The van der Waals surface area contributed by atoms with Gasteiger partial charge in [0.1, 0.15) is 0 Å². The van der Waals surface area contributed by atoms with E-state index in [1.807, 2.05) is 0 Å². The third-order valence-corrected chi connectivity index (χ3v) is 27.2. The van der Waals surface area contributed by atoms with Crippen LogP contribution in [0.25, 0.3) is 0 Å². The molecule has 0 radical (unpaired) electrons. The fourth-order valence-electron chi connectivity index (χ4n) is 0.426. The summed E-state index contributed by atoms with van der Waals surface area (Å²) in [5.74, 6) is 0. The van der Waals surface area contributed by atoms with E-state index < -0.39 is 42.3 Å². The van der Waals surface area contributed by atoms with Gasteiger partial charge in [0, 0.05) is 0 Å². The SMILES string of the molecule is Cl[CH](Cl)[SnH2][CH2][SnH2][CH](Cl)Cl. The van der Waals surface area contributed by atoms with E-state index in [0.29, 0.717) is 0 Å². The summed E-state index contributed by atoms with van der Waals surface area (Å²) in [7, 11) is 0. The molecule has 0 N–H and O–H groups in total. The van der Waals surface area contributed by atoms with Gasteiger partial charge in [-0.3, -0.25) is 0 Å². The van der Waals surface area contributed by atoms with Crippen molar-refractivity contribution < 1.29 is 0 Å². The molecule has 0 saturated heterocycles. The molecule has 0 amide bonds. The third kappa shape index (κ3) is 10.8. The Morgan fingerprint density at radius 1 is 0.889 bits per heavy atom. The predicted molar refractivity (Wildman–Crippen MR) is 52.9 cm³/mol. The van der Waals surface area contributed by atoms with E-state index >= 15 is 0 Å². The van der Waals surface area contributed by atoms with Crippen LogP contribution in [0.5, 0.6) is 0 Å². The van der Waals surface area contributed by atoms with Crippen LogP contribution in [-0.2, 0) is 0 Å². The Morgan fingerprint density at radius 3 is 1.44 bits per heavy atom. The maximum atomic E-state index is 5.57. The second kappa shape index (κ2) is 7.41. The van der Waals surface area contributed by atoms with Crippen molar-refractivity contribution in [2.24, 2.45) is 0 Å². The zero-order chi connectivity index (χ0) is 7.28. The molecule has 0 rings (SSSR count). The molecular formula is C3H8Cl4Sn2. The quantitative estimate of drug-likeness (QED) is 0.472. The fraction of sp³-hybridized carbons (Fsp3) is 1.00. The predicted octanol–water partition coefficient (Wildman–Crippen LogP) is 1.22. The Kier molecular flexibility index (Phi) is 9.68. The van der Waals surface area contributed by atoms with Gasteiger partial charge in [-0.05, 0) is 0 Å². The molecule has 6 heteroatoms. The number of rotatable bonds is 4. The van der Waals surface area contributed by atoms with Gasteiger partial charge in [-0.25, -0.2) is 0 Å². The van der Waals surface area contributed by atoms with Crippen molar-refractivity contribution >= 4 is 88.7 Å². The number of halogens is 4. The zero-order valence-electron chi connectivity index (χ0n) is 4.79. The molecule has 0 bridgehead atoms. The third-order valence-electron chi connectivity index (χ3n) is 0.845. The van der Waals surface area contributed by atoms with Crippen LogP contribution in [0.4, 0.5) is 0 Å². The second-order valence-corrected chi connectivity index (χ2v) is 33.7. The summed E-state index contributed by atoms with van der Waals surface area (Å²) >= 11 is 20.7. The van der Waals surface area contributed by atoms with Crippen LogP contribution in [0.1, 0.15) is 0 Å². The van der Waals surface area contributed by atoms with Crippen molar-refractivity contribution in [3.8, 4) is 0 Å². The Morgan fingerprint density at radius 2 is 1.22 bits per heavy atom. The minimum atomic E-state index is -0.803. The van der Waals surface area contributed by atoms with Gasteiger partial charge in [-0.1, -0.05) is 0 Å². The summed E-state index contributed by atoms with van der Waals surface area (Å²) in [6.45, 7) is 0. The molecule has 56 valence electrons. The number of alkyl halides is 4. The minimum absolute atomic E-state index is 0.0180. The van der Waals surface area contributed by atoms with Gasteiger partial charge in [0.2, 0.25) is 0 Å². The fourth-order valence-corrected chi connectivity index (χ4v) is 47.0. The average Bonchev–Trinajstić information content (AvgIpc) is 1.63. The molecule has 0 aromatic heterocycles. The standard InChI is InChI=1S/2CHCl2.CH2.2Sn.4H/c2*2-1-3;;;;;;;/h2*1H;1H2;;;;;;. The van der Waals surface area contributed by atoms with Gasteiger partial charge in [-0.2, -0.15) is 0 Å². The van der Waals surface area contributed by atoms with Crippen LogP contribution >= 0.6 is 46.4 Å². The van der Waals surface area contributed by atoms with Crippen LogP contribution in [0, 0.1) is 0 Å². The van der Waals surface area contributed by atoms with Crippen molar-refractivity contribution in [3.63, 3.8) is 0 Å². The first-order valence-electron chi connectivity index (χ1n) is 2.69. The van der Waals surface area contributed by atoms with E-state index in [9.17, 15) is 0 Å². The van der Waals surface area contributed by atoms with E-state index in [2.05, 4.69) is 0 Å². The van der Waals surface area contributed by atoms with Gasteiger partial charge < -0.3 is 0 Å². The molecule has 0 aliphatic heterocycles. The molecule has 0 heterocycles. The second-order valence-electron chi connectivity index (χ2n) is 1.71. The molecule has 0 spiro atoms. The van der Waals surface area contributed by atoms with Gasteiger partial charge in [0.15, 0.2) is 0 Å². The van der Waals surface area contributed by atoms with E-state index in [0.717, 1.165) is 0 Å². The topological polar surface area (TPSA) is 0 Å². The molecule has 0 fully saturated rings. The molecule has 0 saturated carbocycles.